The van der Waals surface area contributed by atoms with Crippen molar-refractivity contribution in [3.05, 3.63) is 21.9 Å². The van der Waals surface area contributed by atoms with Crippen LogP contribution in [0, 0.1) is 5.92 Å². The van der Waals surface area contributed by atoms with Crippen LogP contribution in [0.5, 0.6) is 0 Å². The molecule has 6 heteroatoms. The van der Waals surface area contributed by atoms with Gasteiger partial charge >= 0.3 is 0 Å². The van der Waals surface area contributed by atoms with Crippen molar-refractivity contribution in [2.45, 2.75) is 57.3 Å². The number of carbonyl (C=O) groups excluding carboxylic acids is 1. The predicted molar refractivity (Wildman–Crippen MR) is 77.9 cm³/mol. The predicted octanol–water partition coefficient (Wildman–Crippen LogP) is 1.28. The molecule has 1 aromatic rings. The highest BCUT2D eigenvalue weighted by atomic mass is 16.2. The molecule has 2 aliphatic carbocycles. The van der Waals surface area contributed by atoms with Crippen LogP contribution in [0.2, 0.25) is 0 Å². The maximum atomic E-state index is 12.0. The number of aryl methyl sites for hydroxylation is 1. The van der Waals surface area contributed by atoms with Crippen molar-refractivity contribution in [2.75, 3.05) is 6.54 Å². The van der Waals surface area contributed by atoms with Gasteiger partial charge in [0.2, 0.25) is 5.91 Å². The lowest BCUT2D eigenvalue weighted by molar-refractivity contribution is -0.122. The van der Waals surface area contributed by atoms with Crippen LogP contribution in [-0.2, 0) is 11.2 Å². The summed E-state index contributed by atoms with van der Waals surface area (Å²) in [6, 6.07) is 0. The minimum absolute atomic E-state index is 0.125. The Morgan fingerprint density at radius 2 is 1.95 bits per heavy atom. The fraction of sp³-hybridized carbons (Fsp3) is 0.733. The van der Waals surface area contributed by atoms with E-state index in [0.717, 1.165) is 37.9 Å². The molecule has 1 amide bonds. The van der Waals surface area contributed by atoms with E-state index in [1.54, 1.807) is 0 Å². The standard InChI is InChI=1S/C15H22N4O2/c20-14(11-7-8-11)16-9-3-6-12-15(21)17-13(19-18-12)10-4-1-2-5-10/h10-11H,1-9H2,(H,16,20)(H,17,19,21). The van der Waals surface area contributed by atoms with Crippen molar-refractivity contribution in [1.82, 2.24) is 20.5 Å². The first-order chi connectivity index (χ1) is 10.2. The molecule has 0 unspecified atom stereocenters. The van der Waals surface area contributed by atoms with Gasteiger partial charge in [0.25, 0.3) is 5.56 Å². The largest absolute Gasteiger partial charge is 0.356 e. The zero-order chi connectivity index (χ0) is 14.7. The number of amides is 1. The van der Waals surface area contributed by atoms with Crippen LogP contribution in [0.4, 0.5) is 0 Å². The third-order valence-electron chi connectivity index (χ3n) is 4.36. The van der Waals surface area contributed by atoms with Crippen LogP contribution in [0.25, 0.3) is 0 Å². The molecule has 0 saturated heterocycles. The summed E-state index contributed by atoms with van der Waals surface area (Å²) in [7, 11) is 0. The summed E-state index contributed by atoms with van der Waals surface area (Å²) in [5.41, 5.74) is 0.345. The molecule has 1 heterocycles. The SMILES string of the molecule is O=C(NCCCc1nnc(C2CCCC2)[nH]c1=O)C1CC1. The Morgan fingerprint density at radius 3 is 2.62 bits per heavy atom. The molecule has 0 aliphatic heterocycles. The number of aromatic amines is 1. The normalized spacial score (nSPS) is 18.9. The molecule has 0 bridgehead atoms. The molecular formula is C15H22N4O2. The summed E-state index contributed by atoms with van der Waals surface area (Å²) in [4.78, 5) is 26.3. The Hall–Kier alpha value is -1.72. The van der Waals surface area contributed by atoms with Gasteiger partial charge in [0.1, 0.15) is 11.5 Å². The average molecular weight is 290 g/mol. The first kappa shape index (κ1) is 14.2. The molecule has 2 aliphatic rings. The maximum Gasteiger partial charge on any atom is 0.272 e. The van der Waals surface area contributed by atoms with E-state index in [4.69, 9.17) is 0 Å². The molecule has 0 atom stereocenters. The van der Waals surface area contributed by atoms with Crippen LogP contribution in [0.1, 0.15) is 62.4 Å². The first-order valence-corrected chi connectivity index (χ1v) is 7.97. The number of nitrogens with one attached hydrogen (secondary N) is 2. The van der Waals surface area contributed by atoms with E-state index in [9.17, 15) is 9.59 Å². The average Bonchev–Trinajstić information content (AvgIpc) is 3.20. The van der Waals surface area contributed by atoms with Gasteiger partial charge < -0.3 is 10.3 Å². The van der Waals surface area contributed by atoms with Crippen molar-refractivity contribution in [1.29, 1.82) is 0 Å². The smallest absolute Gasteiger partial charge is 0.272 e. The fourth-order valence-electron chi connectivity index (χ4n) is 2.88. The summed E-state index contributed by atoms with van der Waals surface area (Å²) in [6.45, 7) is 0.598. The lowest BCUT2D eigenvalue weighted by Crippen LogP contribution is -2.27. The summed E-state index contributed by atoms with van der Waals surface area (Å²) >= 11 is 0. The molecule has 114 valence electrons. The molecule has 2 fully saturated rings. The summed E-state index contributed by atoms with van der Waals surface area (Å²) in [5.74, 6) is 1.49. The third-order valence-corrected chi connectivity index (χ3v) is 4.36. The number of hydrogen-bond donors (Lipinski definition) is 2. The quantitative estimate of drug-likeness (QED) is 0.773. The van der Waals surface area contributed by atoms with E-state index in [-0.39, 0.29) is 17.4 Å². The van der Waals surface area contributed by atoms with E-state index in [1.165, 1.54) is 12.8 Å². The van der Waals surface area contributed by atoms with Gasteiger partial charge in [0.05, 0.1) is 0 Å². The summed E-state index contributed by atoms with van der Waals surface area (Å²) in [6.07, 6.45) is 7.90. The van der Waals surface area contributed by atoms with Gasteiger partial charge in [-0.15, -0.1) is 10.2 Å². The molecule has 2 N–H and O–H groups in total. The minimum Gasteiger partial charge on any atom is -0.356 e. The Kier molecular flexibility index (Phi) is 4.31. The zero-order valence-electron chi connectivity index (χ0n) is 12.2. The fourth-order valence-corrected chi connectivity index (χ4v) is 2.88. The van der Waals surface area contributed by atoms with E-state index in [1.807, 2.05) is 0 Å². The van der Waals surface area contributed by atoms with Crippen molar-refractivity contribution >= 4 is 5.91 Å². The highest BCUT2D eigenvalue weighted by molar-refractivity contribution is 5.80. The Labute approximate surface area is 123 Å². The monoisotopic (exact) mass is 290 g/mol. The number of aromatic nitrogens is 3. The van der Waals surface area contributed by atoms with Gasteiger partial charge in [-0.05, 0) is 38.5 Å². The van der Waals surface area contributed by atoms with Crippen LogP contribution < -0.4 is 10.9 Å². The molecule has 1 aromatic heterocycles. The van der Waals surface area contributed by atoms with Gasteiger partial charge in [0, 0.05) is 18.4 Å². The molecule has 0 radical (unpaired) electrons. The van der Waals surface area contributed by atoms with E-state index < -0.39 is 0 Å². The summed E-state index contributed by atoms with van der Waals surface area (Å²) in [5, 5.41) is 11.2. The molecule has 2 saturated carbocycles. The van der Waals surface area contributed by atoms with Gasteiger partial charge in [-0.25, -0.2) is 0 Å². The first-order valence-electron chi connectivity index (χ1n) is 7.97. The molecular weight excluding hydrogens is 268 g/mol. The van der Waals surface area contributed by atoms with Crippen LogP contribution >= 0.6 is 0 Å². The third kappa shape index (κ3) is 3.68. The van der Waals surface area contributed by atoms with Crippen LogP contribution in [0.15, 0.2) is 4.79 Å². The van der Waals surface area contributed by atoms with E-state index in [0.29, 0.717) is 24.6 Å². The van der Waals surface area contributed by atoms with Crippen LogP contribution in [-0.4, -0.2) is 27.6 Å². The Bertz CT molecular complexity index is 559. The van der Waals surface area contributed by atoms with Gasteiger partial charge in [-0.1, -0.05) is 12.8 Å². The Morgan fingerprint density at radius 1 is 1.19 bits per heavy atom. The van der Waals surface area contributed by atoms with E-state index >= 15 is 0 Å². The maximum absolute atomic E-state index is 12.0. The van der Waals surface area contributed by atoms with E-state index in [2.05, 4.69) is 20.5 Å². The van der Waals surface area contributed by atoms with Crippen molar-refractivity contribution < 1.29 is 4.79 Å². The highest BCUT2D eigenvalue weighted by Crippen LogP contribution is 2.31. The number of nitrogens with zero attached hydrogens (tertiary/aromatic N) is 2. The molecule has 0 spiro atoms. The Balaban J connectivity index is 1.48. The van der Waals surface area contributed by atoms with Crippen molar-refractivity contribution in [2.24, 2.45) is 5.92 Å². The lowest BCUT2D eigenvalue weighted by Gasteiger charge is -2.07. The molecule has 6 nitrogen and oxygen atoms in total. The topological polar surface area (TPSA) is 87.7 Å². The number of hydrogen-bond acceptors (Lipinski definition) is 4. The molecule has 21 heavy (non-hydrogen) atoms. The summed E-state index contributed by atoms with van der Waals surface area (Å²) < 4.78 is 0. The second-order valence-corrected chi connectivity index (χ2v) is 6.14. The molecule has 0 aromatic carbocycles. The van der Waals surface area contributed by atoms with Crippen LogP contribution in [0.3, 0.4) is 0 Å². The van der Waals surface area contributed by atoms with Gasteiger partial charge in [-0.2, -0.15) is 0 Å². The zero-order valence-corrected chi connectivity index (χ0v) is 12.2. The van der Waals surface area contributed by atoms with Gasteiger partial charge in [-0.3, -0.25) is 9.59 Å². The minimum atomic E-state index is -0.125. The second-order valence-electron chi connectivity index (χ2n) is 6.14. The number of H-pyrrole nitrogens is 1. The molecule has 3 rings (SSSR count). The lowest BCUT2D eigenvalue weighted by atomic mass is 10.1. The number of carbonyl (C=O) groups is 1. The van der Waals surface area contributed by atoms with Gasteiger partial charge in [0.15, 0.2) is 0 Å². The number of rotatable bonds is 6. The van der Waals surface area contributed by atoms with Crippen molar-refractivity contribution in [3.8, 4) is 0 Å². The van der Waals surface area contributed by atoms with Crippen molar-refractivity contribution in [3.63, 3.8) is 0 Å². The highest BCUT2D eigenvalue weighted by Gasteiger charge is 2.29. The second kappa shape index (κ2) is 6.37.